The number of piperidine rings is 1. The molecule has 0 radical (unpaired) electrons. The van der Waals surface area contributed by atoms with Crippen LogP contribution in [0.2, 0.25) is 0 Å². The molecule has 0 aromatic carbocycles. The second-order valence-electron chi connectivity index (χ2n) is 3.00. The Labute approximate surface area is 61.3 Å². The van der Waals surface area contributed by atoms with E-state index < -0.39 is 0 Å². The molecule has 2 atom stereocenters. The van der Waals surface area contributed by atoms with E-state index in [9.17, 15) is 5.11 Å². The van der Waals surface area contributed by atoms with Crippen LogP contribution in [0, 0.1) is 0 Å². The van der Waals surface area contributed by atoms with Gasteiger partial charge in [0.15, 0.2) is 0 Å². The summed E-state index contributed by atoms with van der Waals surface area (Å²) in [6.07, 6.45) is 1.35. The monoisotopic (exact) mass is 145 g/mol. The van der Waals surface area contributed by atoms with Gasteiger partial charge >= 0.3 is 0 Å². The molecule has 2 N–H and O–H groups in total. The molecule has 1 aliphatic rings. The summed E-state index contributed by atoms with van der Waals surface area (Å²) in [6.45, 7) is 1.06. The lowest BCUT2D eigenvalue weighted by Gasteiger charge is -2.33. The van der Waals surface area contributed by atoms with Crippen molar-refractivity contribution in [3.05, 3.63) is 0 Å². The van der Waals surface area contributed by atoms with Crippen molar-refractivity contribution < 1.29 is 10.2 Å². The van der Waals surface area contributed by atoms with Crippen LogP contribution in [0.25, 0.3) is 0 Å². The van der Waals surface area contributed by atoms with E-state index in [0.29, 0.717) is 6.42 Å². The third kappa shape index (κ3) is 1.68. The van der Waals surface area contributed by atoms with Gasteiger partial charge in [0.05, 0.1) is 12.7 Å². The molecule has 0 spiro atoms. The van der Waals surface area contributed by atoms with E-state index in [1.54, 1.807) is 0 Å². The van der Waals surface area contributed by atoms with Crippen LogP contribution in [0.5, 0.6) is 0 Å². The summed E-state index contributed by atoms with van der Waals surface area (Å²) >= 11 is 0. The first-order chi connectivity index (χ1) is 4.74. The van der Waals surface area contributed by atoms with Gasteiger partial charge in [0.2, 0.25) is 0 Å². The Hall–Kier alpha value is -0.120. The fraction of sp³-hybridized carbons (Fsp3) is 1.00. The van der Waals surface area contributed by atoms with Gasteiger partial charge in [0.1, 0.15) is 0 Å². The van der Waals surface area contributed by atoms with E-state index in [-0.39, 0.29) is 18.8 Å². The van der Waals surface area contributed by atoms with Crippen molar-refractivity contribution >= 4 is 0 Å². The maximum absolute atomic E-state index is 9.19. The summed E-state index contributed by atoms with van der Waals surface area (Å²) < 4.78 is 0. The summed E-state index contributed by atoms with van der Waals surface area (Å²) in [7, 11) is 1.98. The Morgan fingerprint density at radius 3 is 2.80 bits per heavy atom. The molecule has 0 unspecified atom stereocenters. The number of aliphatic hydroxyl groups excluding tert-OH is 2. The van der Waals surface area contributed by atoms with Crippen LogP contribution < -0.4 is 0 Å². The summed E-state index contributed by atoms with van der Waals surface area (Å²) in [5.41, 5.74) is 0. The molecule has 0 aliphatic carbocycles. The molecule has 0 bridgehead atoms. The Bertz CT molecular complexity index is 108. The third-order valence-electron chi connectivity index (χ3n) is 2.19. The number of hydrogen-bond donors (Lipinski definition) is 2. The van der Waals surface area contributed by atoms with E-state index in [1.165, 1.54) is 0 Å². The minimum atomic E-state index is -0.201. The lowest BCUT2D eigenvalue weighted by atomic mass is 10.0. The van der Waals surface area contributed by atoms with Crippen LogP contribution in [-0.4, -0.2) is 47.5 Å². The van der Waals surface area contributed by atoms with Crippen molar-refractivity contribution in [3.8, 4) is 0 Å². The zero-order valence-corrected chi connectivity index (χ0v) is 6.32. The van der Waals surface area contributed by atoms with Crippen LogP contribution in [-0.2, 0) is 0 Å². The van der Waals surface area contributed by atoms with Crippen molar-refractivity contribution in [2.75, 3.05) is 20.2 Å². The standard InChI is InChI=1S/C7H15NO2/c1-8-3-2-7(10)4-6(8)5-9/h6-7,9-10H,2-5H2,1H3/t6-,7-/m0/s1. The zero-order chi connectivity index (χ0) is 7.56. The largest absolute Gasteiger partial charge is 0.395 e. The molecule has 0 saturated carbocycles. The van der Waals surface area contributed by atoms with Gasteiger partial charge in [-0.15, -0.1) is 0 Å². The molecule has 3 nitrogen and oxygen atoms in total. The highest BCUT2D eigenvalue weighted by Gasteiger charge is 2.23. The van der Waals surface area contributed by atoms with Gasteiger partial charge in [0, 0.05) is 12.6 Å². The zero-order valence-electron chi connectivity index (χ0n) is 6.32. The van der Waals surface area contributed by atoms with E-state index >= 15 is 0 Å². The number of hydrogen-bond acceptors (Lipinski definition) is 3. The SMILES string of the molecule is CN1CC[C@H](O)C[C@H]1CO. The van der Waals surface area contributed by atoms with E-state index in [1.807, 2.05) is 7.05 Å². The van der Waals surface area contributed by atoms with Crippen LogP contribution in [0.4, 0.5) is 0 Å². The smallest absolute Gasteiger partial charge is 0.0587 e. The topological polar surface area (TPSA) is 43.7 Å². The lowest BCUT2D eigenvalue weighted by molar-refractivity contribution is 0.0307. The van der Waals surface area contributed by atoms with Gasteiger partial charge in [-0.05, 0) is 19.9 Å². The molecule has 60 valence electrons. The van der Waals surface area contributed by atoms with Gasteiger partial charge in [-0.25, -0.2) is 0 Å². The van der Waals surface area contributed by atoms with E-state index in [4.69, 9.17) is 5.11 Å². The average molecular weight is 145 g/mol. The van der Waals surface area contributed by atoms with Crippen molar-refractivity contribution in [2.24, 2.45) is 0 Å². The lowest BCUT2D eigenvalue weighted by Crippen LogP contribution is -2.43. The van der Waals surface area contributed by atoms with Crippen LogP contribution in [0.15, 0.2) is 0 Å². The summed E-state index contributed by atoms with van der Waals surface area (Å²) in [5, 5.41) is 18.0. The molecule has 1 aliphatic heterocycles. The molecule has 1 rings (SSSR count). The maximum Gasteiger partial charge on any atom is 0.0587 e. The predicted octanol–water partition coefficient (Wildman–Crippen LogP) is -0.566. The second kappa shape index (κ2) is 3.32. The molecular weight excluding hydrogens is 130 g/mol. The Morgan fingerprint density at radius 2 is 2.30 bits per heavy atom. The molecule has 1 heterocycles. The number of nitrogens with zero attached hydrogens (tertiary/aromatic N) is 1. The number of rotatable bonds is 1. The molecule has 3 heteroatoms. The molecule has 0 aromatic rings. The van der Waals surface area contributed by atoms with E-state index in [2.05, 4.69) is 4.90 Å². The van der Waals surface area contributed by atoms with Crippen LogP contribution in [0.3, 0.4) is 0 Å². The van der Waals surface area contributed by atoms with Gasteiger partial charge in [0.25, 0.3) is 0 Å². The number of likely N-dealkylation sites (N-methyl/N-ethyl adjacent to an activating group) is 1. The third-order valence-corrected chi connectivity index (χ3v) is 2.19. The number of aliphatic hydroxyl groups is 2. The molecular formula is C7H15NO2. The molecule has 1 saturated heterocycles. The first kappa shape index (κ1) is 7.98. The fourth-order valence-electron chi connectivity index (χ4n) is 1.36. The highest BCUT2D eigenvalue weighted by atomic mass is 16.3. The predicted molar refractivity (Wildman–Crippen MR) is 38.7 cm³/mol. The summed E-state index contributed by atoms with van der Waals surface area (Å²) in [5.74, 6) is 0. The maximum atomic E-state index is 9.19. The van der Waals surface area contributed by atoms with Gasteiger partial charge in [-0.3, -0.25) is 0 Å². The minimum absolute atomic E-state index is 0.160. The van der Waals surface area contributed by atoms with Crippen LogP contribution >= 0.6 is 0 Å². The van der Waals surface area contributed by atoms with Crippen LogP contribution in [0.1, 0.15) is 12.8 Å². The fourth-order valence-corrected chi connectivity index (χ4v) is 1.36. The van der Waals surface area contributed by atoms with Crippen molar-refractivity contribution in [3.63, 3.8) is 0 Å². The van der Waals surface area contributed by atoms with Crippen molar-refractivity contribution in [2.45, 2.75) is 25.0 Å². The highest BCUT2D eigenvalue weighted by Crippen LogP contribution is 2.14. The normalized spacial score (nSPS) is 36.3. The number of likely N-dealkylation sites (tertiary alicyclic amines) is 1. The minimum Gasteiger partial charge on any atom is -0.395 e. The Balaban J connectivity index is 2.38. The van der Waals surface area contributed by atoms with Gasteiger partial charge in [-0.2, -0.15) is 0 Å². The summed E-state index contributed by atoms with van der Waals surface area (Å²) in [6, 6.07) is 0.170. The molecule has 10 heavy (non-hydrogen) atoms. The first-order valence-electron chi connectivity index (χ1n) is 3.73. The van der Waals surface area contributed by atoms with Gasteiger partial charge in [-0.1, -0.05) is 0 Å². The second-order valence-corrected chi connectivity index (χ2v) is 3.00. The average Bonchev–Trinajstić information content (AvgIpc) is 1.94. The quantitative estimate of drug-likeness (QED) is 0.519. The van der Waals surface area contributed by atoms with Crippen molar-refractivity contribution in [1.29, 1.82) is 0 Å². The van der Waals surface area contributed by atoms with Crippen molar-refractivity contribution in [1.82, 2.24) is 4.90 Å². The molecule has 1 fully saturated rings. The molecule has 0 amide bonds. The molecule has 0 aromatic heterocycles. The van der Waals surface area contributed by atoms with Gasteiger partial charge < -0.3 is 15.1 Å². The summed E-state index contributed by atoms with van der Waals surface area (Å²) in [4.78, 5) is 2.09. The Morgan fingerprint density at radius 1 is 1.60 bits per heavy atom. The first-order valence-corrected chi connectivity index (χ1v) is 3.73. The highest BCUT2D eigenvalue weighted by molar-refractivity contribution is 4.78. The van der Waals surface area contributed by atoms with E-state index in [0.717, 1.165) is 13.0 Å². The Kier molecular flexibility index (Phi) is 2.65.